The molecule has 2 rings (SSSR count). The number of carbonyl (C=O) groups excluding carboxylic acids is 1. The molecule has 0 fully saturated rings. The van der Waals surface area contributed by atoms with Gasteiger partial charge in [-0.1, -0.05) is 6.07 Å². The number of aromatic nitrogens is 1. The summed E-state index contributed by atoms with van der Waals surface area (Å²) in [6, 6.07) is 7.61. The molecule has 9 heteroatoms. The largest absolute Gasteiger partial charge is 0.438 e. The van der Waals surface area contributed by atoms with Gasteiger partial charge in [0.15, 0.2) is 15.8 Å². The van der Waals surface area contributed by atoms with Gasteiger partial charge in [0.2, 0.25) is 5.88 Å². The zero-order chi connectivity index (χ0) is 17.9. The van der Waals surface area contributed by atoms with Crippen molar-refractivity contribution in [1.82, 2.24) is 4.98 Å². The zero-order valence-corrected chi connectivity index (χ0v) is 13.9. The summed E-state index contributed by atoms with van der Waals surface area (Å²) in [5.74, 6) is -0.851. The van der Waals surface area contributed by atoms with Gasteiger partial charge in [0.1, 0.15) is 10.6 Å². The highest BCUT2D eigenvalue weighted by molar-refractivity contribution is 7.90. The Balaban J connectivity index is 2.58. The van der Waals surface area contributed by atoms with Crippen molar-refractivity contribution < 1.29 is 17.9 Å². The maximum atomic E-state index is 12.1. The lowest BCUT2D eigenvalue weighted by Gasteiger charge is -2.12. The summed E-state index contributed by atoms with van der Waals surface area (Å²) in [7, 11) is -3.67. The molecule has 0 aliphatic carbocycles. The van der Waals surface area contributed by atoms with E-state index in [9.17, 15) is 13.2 Å². The van der Waals surface area contributed by atoms with Crippen LogP contribution in [0.5, 0.6) is 11.6 Å². The van der Waals surface area contributed by atoms with Crippen molar-refractivity contribution in [3.05, 3.63) is 47.7 Å². The van der Waals surface area contributed by atoms with Crippen molar-refractivity contribution in [2.45, 2.75) is 11.8 Å². The summed E-state index contributed by atoms with van der Waals surface area (Å²) < 4.78 is 29.7. The summed E-state index contributed by atoms with van der Waals surface area (Å²) in [6.07, 6.45) is 2.52. The molecule has 1 aromatic carbocycles. The van der Waals surface area contributed by atoms with Crippen LogP contribution in [0, 0.1) is 6.92 Å². The molecule has 0 saturated heterocycles. The Hall–Kier alpha value is -2.94. The molecule has 4 N–H and O–H groups in total. The number of nitrogens with two attached hydrogens (primary N) is 2. The number of aliphatic imine (C=N–C) groups is 1. The first kappa shape index (κ1) is 17.4. The highest BCUT2D eigenvalue weighted by atomic mass is 32.2. The van der Waals surface area contributed by atoms with Gasteiger partial charge in [-0.15, -0.1) is 0 Å². The van der Waals surface area contributed by atoms with Gasteiger partial charge in [-0.25, -0.2) is 13.4 Å². The molecule has 0 aliphatic heterocycles. The monoisotopic (exact) mass is 348 g/mol. The first-order valence-corrected chi connectivity index (χ1v) is 8.65. The molecule has 1 heterocycles. The summed E-state index contributed by atoms with van der Waals surface area (Å²) >= 11 is 0. The molecular formula is C15H16N4O4S. The van der Waals surface area contributed by atoms with E-state index in [4.69, 9.17) is 16.2 Å². The molecule has 2 aromatic rings. The van der Waals surface area contributed by atoms with E-state index < -0.39 is 21.7 Å². The van der Waals surface area contributed by atoms with Gasteiger partial charge in [0.25, 0.3) is 5.91 Å². The Bertz CT molecular complexity index is 905. The number of guanidine groups is 1. The molecule has 0 spiro atoms. The third kappa shape index (κ3) is 4.07. The Morgan fingerprint density at radius 3 is 2.50 bits per heavy atom. The molecule has 1 amide bonds. The van der Waals surface area contributed by atoms with Gasteiger partial charge in [-0.2, -0.15) is 4.99 Å². The van der Waals surface area contributed by atoms with Crippen LogP contribution in [-0.2, 0) is 9.84 Å². The number of carbonyl (C=O) groups is 1. The molecule has 126 valence electrons. The minimum Gasteiger partial charge on any atom is -0.438 e. The van der Waals surface area contributed by atoms with Gasteiger partial charge >= 0.3 is 0 Å². The average Bonchev–Trinajstić information content (AvgIpc) is 2.46. The number of benzene rings is 1. The molecule has 1 aromatic heterocycles. The van der Waals surface area contributed by atoms with E-state index in [2.05, 4.69) is 9.98 Å². The van der Waals surface area contributed by atoms with Crippen LogP contribution in [0.3, 0.4) is 0 Å². The molecule has 0 unspecified atom stereocenters. The summed E-state index contributed by atoms with van der Waals surface area (Å²) in [4.78, 5) is 19.3. The van der Waals surface area contributed by atoms with Crippen LogP contribution in [0.15, 0.2) is 46.4 Å². The number of pyridine rings is 1. The molecule has 0 radical (unpaired) electrons. The standard InChI is InChI=1S/C15H16N4O4S/c1-9-7-11(23-13-5-3-4-6-18-13)12(24(2,21)22)8-10(9)14(20)19-15(16)17/h3-8H,1-2H3,(H4,16,17,19,20). The second-order valence-electron chi connectivity index (χ2n) is 5.00. The van der Waals surface area contributed by atoms with E-state index in [1.807, 2.05) is 0 Å². The van der Waals surface area contributed by atoms with Gasteiger partial charge in [0, 0.05) is 24.1 Å². The number of hydrogen-bond donors (Lipinski definition) is 2. The number of sulfone groups is 1. The third-order valence-electron chi connectivity index (χ3n) is 3.00. The van der Waals surface area contributed by atoms with Crippen LogP contribution in [0.1, 0.15) is 15.9 Å². The number of rotatable bonds is 4. The van der Waals surface area contributed by atoms with E-state index >= 15 is 0 Å². The van der Waals surface area contributed by atoms with E-state index in [1.165, 1.54) is 18.3 Å². The predicted molar refractivity (Wildman–Crippen MR) is 88.7 cm³/mol. The lowest BCUT2D eigenvalue weighted by Crippen LogP contribution is -2.24. The van der Waals surface area contributed by atoms with Crippen LogP contribution in [0.25, 0.3) is 0 Å². The number of nitrogens with zero attached hydrogens (tertiary/aromatic N) is 2. The first-order chi connectivity index (χ1) is 11.2. The Kier molecular flexibility index (Phi) is 4.84. The molecule has 24 heavy (non-hydrogen) atoms. The van der Waals surface area contributed by atoms with Crippen molar-refractivity contribution in [2.75, 3.05) is 6.26 Å². The van der Waals surface area contributed by atoms with Crippen LogP contribution < -0.4 is 16.2 Å². The second kappa shape index (κ2) is 6.67. The van der Waals surface area contributed by atoms with E-state index in [1.54, 1.807) is 25.1 Å². The maximum absolute atomic E-state index is 12.1. The van der Waals surface area contributed by atoms with Crippen LogP contribution in [-0.4, -0.2) is 31.5 Å². The van der Waals surface area contributed by atoms with Crippen molar-refractivity contribution in [1.29, 1.82) is 0 Å². The van der Waals surface area contributed by atoms with E-state index in [-0.39, 0.29) is 22.1 Å². The SMILES string of the molecule is Cc1cc(Oc2ccccn2)c(S(C)(=O)=O)cc1C(=O)N=C(N)N. The fourth-order valence-electron chi connectivity index (χ4n) is 1.96. The van der Waals surface area contributed by atoms with E-state index in [0.29, 0.717) is 5.56 Å². The van der Waals surface area contributed by atoms with Gasteiger partial charge < -0.3 is 16.2 Å². The Morgan fingerprint density at radius 2 is 1.96 bits per heavy atom. The van der Waals surface area contributed by atoms with Gasteiger partial charge in [0.05, 0.1) is 0 Å². The minimum absolute atomic E-state index is 0.0648. The molecule has 0 atom stereocenters. The quantitative estimate of drug-likeness (QED) is 0.621. The number of hydrogen-bond acceptors (Lipinski definition) is 5. The third-order valence-corrected chi connectivity index (χ3v) is 4.12. The fraction of sp³-hybridized carbons (Fsp3) is 0.133. The van der Waals surface area contributed by atoms with Crippen molar-refractivity contribution in [3.8, 4) is 11.6 Å². The average molecular weight is 348 g/mol. The summed E-state index contributed by atoms with van der Waals surface area (Å²) in [6.45, 7) is 1.62. The van der Waals surface area contributed by atoms with Crippen molar-refractivity contribution in [2.24, 2.45) is 16.5 Å². The minimum atomic E-state index is -3.67. The van der Waals surface area contributed by atoms with E-state index in [0.717, 1.165) is 6.26 Å². The molecule has 8 nitrogen and oxygen atoms in total. The lowest BCUT2D eigenvalue weighted by atomic mass is 10.1. The predicted octanol–water partition coefficient (Wildman–Crippen LogP) is 0.999. The Morgan fingerprint density at radius 1 is 1.25 bits per heavy atom. The summed E-state index contributed by atoms with van der Waals surface area (Å²) in [5.41, 5.74) is 10.9. The molecule has 0 aliphatic rings. The first-order valence-electron chi connectivity index (χ1n) is 6.76. The van der Waals surface area contributed by atoms with Gasteiger partial charge in [-0.3, -0.25) is 4.79 Å². The number of aryl methyl sites for hydroxylation is 1. The topological polar surface area (TPSA) is 138 Å². The normalized spacial score (nSPS) is 10.9. The molecule has 0 saturated carbocycles. The molecule has 0 bridgehead atoms. The van der Waals surface area contributed by atoms with Crippen LogP contribution in [0.2, 0.25) is 0 Å². The lowest BCUT2D eigenvalue weighted by molar-refractivity contribution is 0.100. The van der Waals surface area contributed by atoms with Crippen molar-refractivity contribution >= 4 is 21.7 Å². The number of amides is 1. The van der Waals surface area contributed by atoms with Crippen molar-refractivity contribution in [3.63, 3.8) is 0 Å². The molecular weight excluding hydrogens is 332 g/mol. The summed E-state index contributed by atoms with van der Waals surface area (Å²) in [5, 5.41) is 0. The fourth-order valence-corrected chi connectivity index (χ4v) is 2.76. The Labute approximate surface area is 139 Å². The highest BCUT2D eigenvalue weighted by Gasteiger charge is 2.21. The van der Waals surface area contributed by atoms with Crippen LogP contribution in [0.4, 0.5) is 0 Å². The number of ether oxygens (including phenoxy) is 1. The van der Waals surface area contributed by atoms with Gasteiger partial charge in [-0.05, 0) is 30.7 Å². The zero-order valence-electron chi connectivity index (χ0n) is 13.1. The maximum Gasteiger partial charge on any atom is 0.280 e. The van der Waals surface area contributed by atoms with Crippen LogP contribution >= 0.6 is 0 Å². The highest BCUT2D eigenvalue weighted by Crippen LogP contribution is 2.31. The second-order valence-corrected chi connectivity index (χ2v) is 6.98. The smallest absolute Gasteiger partial charge is 0.280 e.